The molecule has 0 amide bonds. The molecule has 0 radical (unpaired) electrons. The summed E-state index contributed by atoms with van der Waals surface area (Å²) in [5.74, 6) is 1.06. The smallest absolute Gasteiger partial charge is 0.105 e. The predicted molar refractivity (Wildman–Crippen MR) is 74.8 cm³/mol. The molecule has 0 spiro atoms. The van der Waals surface area contributed by atoms with Crippen molar-refractivity contribution in [2.24, 2.45) is 0 Å². The molecule has 0 saturated carbocycles. The van der Waals surface area contributed by atoms with Crippen LogP contribution in [0.15, 0.2) is 17.8 Å². The molecule has 1 N–H and O–H groups in total. The molecule has 2 aromatic rings. The van der Waals surface area contributed by atoms with Gasteiger partial charge in [0.15, 0.2) is 0 Å². The van der Waals surface area contributed by atoms with Gasteiger partial charge >= 0.3 is 0 Å². The zero-order valence-electron chi connectivity index (χ0n) is 11.2. The van der Waals surface area contributed by atoms with Crippen LogP contribution in [-0.4, -0.2) is 20.6 Å². The summed E-state index contributed by atoms with van der Waals surface area (Å²) in [5, 5.41) is 6.85. The molecule has 0 aliphatic carbocycles. The molecular formula is C13H20N4S. The van der Waals surface area contributed by atoms with Gasteiger partial charge in [0, 0.05) is 36.9 Å². The van der Waals surface area contributed by atoms with Crippen molar-refractivity contribution >= 4 is 11.3 Å². The third kappa shape index (κ3) is 3.40. The SMILES string of the molecule is CCc1nc(CN[C@@H](C)Cn2ccnc2C)cs1. The van der Waals surface area contributed by atoms with Crippen molar-refractivity contribution in [3.63, 3.8) is 0 Å². The summed E-state index contributed by atoms with van der Waals surface area (Å²) in [5.41, 5.74) is 1.14. The van der Waals surface area contributed by atoms with Gasteiger partial charge in [0.1, 0.15) is 5.82 Å². The van der Waals surface area contributed by atoms with E-state index >= 15 is 0 Å². The molecule has 4 nitrogen and oxygen atoms in total. The van der Waals surface area contributed by atoms with Gasteiger partial charge in [-0.3, -0.25) is 0 Å². The van der Waals surface area contributed by atoms with Gasteiger partial charge in [0.2, 0.25) is 0 Å². The molecule has 18 heavy (non-hydrogen) atoms. The van der Waals surface area contributed by atoms with Gasteiger partial charge in [-0.05, 0) is 20.3 Å². The first-order valence-corrected chi connectivity index (χ1v) is 7.21. The number of thiazole rings is 1. The van der Waals surface area contributed by atoms with Crippen LogP contribution in [0.2, 0.25) is 0 Å². The maximum absolute atomic E-state index is 4.55. The number of rotatable bonds is 6. The molecule has 0 aliphatic heterocycles. The highest BCUT2D eigenvalue weighted by molar-refractivity contribution is 7.09. The topological polar surface area (TPSA) is 42.7 Å². The van der Waals surface area contributed by atoms with E-state index in [9.17, 15) is 0 Å². The molecule has 2 heterocycles. The van der Waals surface area contributed by atoms with Gasteiger partial charge in [-0.2, -0.15) is 0 Å². The minimum atomic E-state index is 0.407. The Kier molecular flexibility index (Phi) is 4.49. The minimum Gasteiger partial charge on any atom is -0.334 e. The lowest BCUT2D eigenvalue weighted by atomic mass is 10.3. The lowest BCUT2D eigenvalue weighted by molar-refractivity contribution is 0.468. The fraction of sp³-hybridized carbons (Fsp3) is 0.538. The summed E-state index contributed by atoms with van der Waals surface area (Å²) < 4.78 is 2.16. The highest BCUT2D eigenvalue weighted by Gasteiger charge is 2.06. The van der Waals surface area contributed by atoms with E-state index in [4.69, 9.17) is 0 Å². The van der Waals surface area contributed by atoms with Crippen molar-refractivity contribution in [2.45, 2.75) is 46.3 Å². The second-order valence-corrected chi connectivity index (χ2v) is 5.44. The van der Waals surface area contributed by atoms with Crippen LogP contribution in [0.25, 0.3) is 0 Å². The van der Waals surface area contributed by atoms with Crippen LogP contribution in [-0.2, 0) is 19.5 Å². The average Bonchev–Trinajstić information content (AvgIpc) is 2.97. The number of hydrogen-bond acceptors (Lipinski definition) is 4. The average molecular weight is 264 g/mol. The van der Waals surface area contributed by atoms with Crippen molar-refractivity contribution < 1.29 is 0 Å². The van der Waals surface area contributed by atoms with Gasteiger partial charge in [0.05, 0.1) is 10.7 Å². The van der Waals surface area contributed by atoms with Crippen LogP contribution in [0.4, 0.5) is 0 Å². The van der Waals surface area contributed by atoms with E-state index in [1.54, 1.807) is 11.3 Å². The van der Waals surface area contributed by atoms with E-state index in [2.05, 4.69) is 39.1 Å². The van der Waals surface area contributed by atoms with E-state index < -0.39 is 0 Å². The third-order valence-electron chi connectivity index (χ3n) is 2.93. The lowest BCUT2D eigenvalue weighted by Gasteiger charge is -2.14. The molecule has 0 unspecified atom stereocenters. The summed E-state index contributed by atoms with van der Waals surface area (Å²) >= 11 is 1.74. The van der Waals surface area contributed by atoms with Crippen LogP contribution in [0.1, 0.15) is 30.4 Å². The molecule has 0 aromatic carbocycles. The van der Waals surface area contributed by atoms with Gasteiger partial charge in [-0.15, -0.1) is 11.3 Å². The Labute approximate surface area is 112 Å². The Hall–Kier alpha value is -1.20. The zero-order valence-corrected chi connectivity index (χ0v) is 12.0. The summed E-state index contributed by atoms with van der Waals surface area (Å²) in [6, 6.07) is 0.407. The van der Waals surface area contributed by atoms with E-state index in [-0.39, 0.29) is 0 Å². The molecule has 0 aliphatic rings. The zero-order chi connectivity index (χ0) is 13.0. The summed E-state index contributed by atoms with van der Waals surface area (Å²) in [6.07, 6.45) is 4.88. The molecule has 2 rings (SSSR count). The Morgan fingerprint density at radius 3 is 2.94 bits per heavy atom. The fourth-order valence-electron chi connectivity index (χ4n) is 1.83. The quantitative estimate of drug-likeness (QED) is 0.871. The number of aryl methyl sites for hydroxylation is 2. The normalized spacial score (nSPS) is 12.8. The van der Waals surface area contributed by atoms with Crippen molar-refractivity contribution in [3.05, 3.63) is 34.3 Å². The first kappa shape index (κ1) is 13.2. The Bertz CT molecular complexity index is 489. The number of imidazole rings is 1. The third-order valence-corrected chi connectivity index (χ3v) is 3.97. The molecule has 1 atom stereocenters. The number of nitrogens with zero attached hydrogens (tertiary/aromatic N) is 3. The van der Waals surface area contributed by atoms with Crippen LogP contribution >= 0.6 is 11.3 Å². The van der Waals surface area contributed by atoms with Crippen molar-refractivity contribution in [1.82, 2.24) is 19.9 Å². The highest BCUT2D eigenvalue weighted by Crippen LogP contribution is 2.10. The molecule has 0 saturated heterocycles. The van der Waals surface area contributed by atoms with Gasteiger partial charge in [-0.1, -0.05) is 6.92 Å². The second kappa shape index (κ2) is 6.11. The standard InChI is InChI=1S/C13H20N4S/c1-4-13-16-12(9-18-13)7-15-10(2)8-17-6-5-14-11(17)3/h5-6,9-10,15H,4,7-8H2,1-3H3/t10-/m0/s1. The van der Waals surface area contributed by atoms with Crippen molar-refractivity contribution in [3.8, 4) is 0 Å². The highest BCUT2D eigenvalue weighted by atomic mass is 32.1. The fourth-order valence-corrected chi connectivity index (χ4v) is 2.57. The predicted octanol–water partition coefficient (Wildman–Crippen LogP) is 2.39. The summed E-state index contributed by atoms with van der Waals surface area (Å²) in [6.45, 7) is 8.13. The summed E-state index contributed by atoms with van der Waals surface area (Å²) in [7, 11) is 0. The molecule has 0 bridgehead atoms. The molecule has 5 heteroatoms. The molecular weight excluding hydrogens is 244 g/mol. The van der Waals surface area contributed by atoms with E-state index in [0.717, 1.165) is 31.0 Å². The van der Waals surface area contributed by atoms with Crippen LogP contribution in [0.3, 0.4) is 0 Å². The van der Waals surface area contributed by atoms with E-state index in [1.807, 2.05) is 19.3 Å². The van der Waals surface area contributed by atoms with Crippen LogP contribution in [0.5, 0.6) is 0 Å². The van der Waals surface area contributed by atoms with Crippen molar-refractivity contribution in [1.29, 1.82) is 0 Å². The van der Waals surface area contributed by atoms with Gasteiger partial charge < -0.3 is 9.88 Å². The minimum absolute atomic E-state index is 0.407. The van der Waals surface area contributed by atoms with Crippen LogP contribution < -0.4 is 5.32 Å². The van der Waals surface area contributed by atoms with Gasteiger partial charge in [0.25, 0.3) is 0 Å². The maximum Gasteiger partial charge on any atom is 0.105 e. The Balaban J connectivity index is 1.81. The Morgan fingerprint density at radius 1 is 1.50 bits per heavy atom. The van der Waals surface area contributed by atoms with Crippen LogP contribution in [0, 0.1) is 6.92 Å². The lowest BCUT2D eigenvalue weighted by Crippen LogP contribution is -2.30. The van der Waals surface area contributed by atoms with Crippen molar-refractivity contribution in [2.75, 3.05) is 0 Å². The maximum atomic E-state index is 4.55. The summed E-state index contributed by atoms with van der Waals surface area (Å²) in [4.78, 5) is 8.78. The van der Waals surface area contributed by atoms with E-state index in [1.165, 1.54) is 5.01 Å². The second-order valence-electron chi connectivity index (χ2n) is 4.49. The first-order chi connectivity index (χ1) is 8.69. The molecule has 0 fully saturated rings. The first-order valence-electron chi connectivity index (χ1n) is 6.33. The largest absolute Gasteiger partial charge is 0.334 e. The number of hydrogen-bond donors (Lipinski definition) is 1. The van der Waals surface area contributed by atoms with E-state index in [0.29, 0.717) is 6.04 Å². The van der Waals surface area contributed by atoms with Gasteiger partial charge in [-0.25, -0.2) is 9.97 Å². The number of nitrogens with one attached hydrogen (secondary N) is 1. The molecule has 98 valence electrons. The molecule has 2 aromatic heterocycles. The number of aromatic nitrogens is 3. The monoisotopic (exact) mass is 264 g/mol. The Morgan fingerprint density at radius 2 is 2.33 bits per heavy atom.